The van der Waals surface area contributed by atoms with Crippen molar-refractivity contribution in [2.75, 3.05) is 0 Å². The van der Waals surface area contributed by atoms with Gasteiger partial charge < -0.3 is 14.5 Å². The summed E-state index contributed by atoms with van der Waals surface area (Å²) < 4.78 is 10.9. The second-order valence-corrected chi connectivity index (χ2v) is 6.13. The minimum absolute atomic E-state index is 0.0350. The number of nitrogens with one attached hydrogen (secondary N) is 1. The summed E-state index contributed by atoms with van der Waals surface area (Å²) in [4.78, 5) is 4.28. The average Bonchev–Trinajstić information content (AvgIpc) is 2.78. The van der Waals surface area contributed by atoms with Gasteiger partial charge in [-0.3, -0.25) is 0 Å². The molecule has 2 aromatic rings. The summed E-state index contributed by atoms with van der Waals surface area (Å²) in [6.07, 6.45) is 1.83. The number of benzene rings is 1. The molecule has 108 valence electrons. The van der Waals surface area contributed by atoms with Crippen LogP contribution in [0.25, 0.3) is 0 Å². The Morgan fingerprint density at radius 2 is 2.10 bits per heavy atom. The number of rotatable bonds is 4. The summed E-state index contributed by atoms with van der Waals surface area (Å²) in [6, 6.07) is 5.42. The normalized spacial score (nSPS) is 11.7. The van der Waals surface area contributed by atoms with Crippen molar-refractivity contribution in [3.63, 3.8) is 0 Å². The number of aromatic nitrogens is 1. The second-order valence-electron chi connectivity index (χ2n) is 5.72. The molecular weight excluding hydrogens is 276 g/mol. The molecule has 4 nitrogen and oxygen atoms in total. The van der Waals surface area contributed by atoms with E-state index in [2.05, 4.69) is 31.1 Å². The van der Waals surface area contributed by atoms with Crippen LogP contribution in [0.2, 0.25) is 5.02 Å². The first-order chi connectivity index (χ1) is 9.33. The van der Waals surface area contributed by atoms with Crippen LogP contribution in [0, 0.1) is 6.92 Å². The summed E-state index contributed by atoms with van der Waals surface area (Å²) in [5.41, 5.74) is 1.79. The molecule has 0 amide bonds. The van der Waals surface area contributed by atoms with Crippen molar-refractivity contribution >= 4 is 11.6 Å². The molecule has 1 heterocycles. The molecule has 0 aliphatic rings. The lowest BCUT2D eigenvalue weighted by atomic mass is 10.1. The molecule has 0 saturated heterocycles. The third-order valence-corrected chi connectivity index (χ3v) is 3.09. The maximum Gasteiger partial charge on any atom is 0.399 e. The Morgan fingerprint density at radius 1 is 1.35 bits per heavy atom. The fourth-order valence-electron chi connectivity index (χ4n) is 1.55. The average molecular weight is 295 g/mol. The maximum atomic E-state index is 5.97. The van der Waals surface area contributed by atoms with Gasteiger partial charge in [-0.2, -0.15) is 4.98 Å². The Morgan fingerprint density at radius 3 is 2.75 bits per heavy atom. The molecule has 2 rings (SSSR count). The van der Waals surface area contributed by atoms with E-state index in [1.54, 1.807) is 18.4 Å². The second kappa shape index (κ2) is 5.85. The third kappa shape index (κ3) is 4.25. The van der Waals surface area contributed by atoms with E-state index in [-0.39, 0.29) is 11.6 Å². The highest BCUT2D eigenvalue weighted by Crippen LogP contribution is 2.25. The van der Waals surface area contributed by atoms with E-state index in [0.717, 1.165) is 11.3 Å². The number of nitrogens with zero attached hydrogens (tertiary/aromatic N) is 1. The van der Waals surface area contributed by atoms with E-state index < -0.39 is 0 Å². The molecule has 1 N–H and O–H groups in total. The van der Waals surface area contributed by atoms with Crippen LogP contribution in [0.15, 0.2) is 28.9 Å². The lowest BCUT2D eigenvalue weighted by molar-refractivity contribution is 0.330. The third-order valence-electron chi connectivity index (χ3n) is 2.67. The Hall–Kier alpha value is -1.52. The largest absolute Gasteiger partial charge is 0.417 e. The predicted molar refractivity (Wildman–Crippen MR) is 79.4 cm³/mol. The van der Waals surface area contributed by atoms with Gasteiger partial charge in [-0.1, -0.05) is 11.6 Å². The van der Waals surface area contributed by atoms with Crippen LogP contribution in [0.4, 0.5) is 0 Å². The van der Waals surface area contributed by atoms with Gasteiger partial charge in [-0.15, -0.1) is 0 Å². The van der Waals surface area contributed by atoms with E-state index in [1.165, 1.54) is 0 Å². The van der Waals surface area contributed by atoms with Crippen molar-refractivity contribution < 1.29 is 9.15 Å². The summed E-state index contributed by atoms with van der Waals surface area (Å²) >= 11 is 5.97. The zero-order valence-corrected chi connectivity index (χ0v) is 12.9. The molecule has 0 aliphatic heterocycles. The van der Waals surface area contributed by atoms with E-state index in [0.29, 0.717) is 17.3 Å². The monoisotopic (exact) mass is 294 g/mol. The number of hydrogen-bond donors (Lipinski definition) is 1. The van der Waals surface area contributed by atoms with E-state index in [9.17, 15) is 0 Å². The van der Waals surface area contributed by atoms with Crippen LogP contribution < -0.4 is 10.1 Å². The molecule has 0 radical (unpaired) electrons. The van der Waals surface area contributed by atoms with E-state index in [4.69, 9.17) is 20.8 Å². The molecule has 0 atom stereocenters. The van der Waals surface area contributed by atoms with Crippen molar-refractivity contribution in [3.8, 4) is 11.8 Å². The summed E-state index contributed by atoms with van der Waals surface area (Å²) in [7, 11) is 0. The van der Waals surface area contributed by atoms with Gasteiger partial charge in [-0.05, 0) is 51.5 Å². The first kappa shape index (κ1) is 14.9. The minimum Gasteiger partial charge on any atom is -0.417 e. The van der Waals surface area contributed by atoms with Crippen LogP contribution >= 0.6 is 11.6 Å². The molecule has 0 aliphatic carbocycles. The number of halogens is 1. The van der Waals surface area contributed by atoms with Crippen molar-refractivity contribution in [1.82, 2.24) is 10.3 Å². The molecular formula is C15H19ClN2O2. The quantitative estimate of drug-likeness (QED) is 0.912. The van der Waals surface area contributed by atoms with Gasteiger partial charge in [0.1, 0.15) is 12.0 Å². The fourth-order valence-corrected chi connectivity index (χ4v) is 1.67. The van der Waals surface area contributed by atoms with Crippen molar-refractivity contribution in [3.05, 3.63) is 40.7 Å². The fraction of sp³-hybridized carbons (Fsp3) is 0.400. The van der Waals surface area contributed by atoms with Crippen molar-refractivity contribution in [2.24, 2.45) is 0 Å². The molecule has 5 heteroatoms. The molecule has 1 aromatic carbocycles. The zero-order valence-electron chi connectivity index (χ0n) is 12.2. The Balaban J connectivity index is 2.00. The number of oxazole rings is 1. The first-order valence-electron chi connectivity index (χ1n) is 6.47. The maximum absolute atomic E-state index is 5.97. The summed E-state index contributed by atoms with van der Waals surface area (Å²) in [6.45, 7) is 8.85. The van der Waals surface area contributed by atoms with Crippen molar-refractivity contribution in [2.45, 2.75) is 39.8 Å². The van der Waals surface area contributed by atoms with Gasteiger partial charge in [0.2, 0.25) is 0 Å². The molecule has 0 bridgehead atoms. The lowest BCUT2D eigenvalue weighted by Gasteiger charge is -2.19. The van der Waals surface area contributed by atoms with Gasteiger partial charge in [-0.25, -0.2) is 0 Å². The number of ether oxygens (including phenoxy) is 1. The Kier molecular flexibility index (Phi) is 4.35. The van der Waals surface area contributed by atoms with E-state index in [1.807, 2.05) is 13.0 Å². The van der Waals surface area contributed by atoms with Crippen molar-refractivity contribution in [1.29, 1.82) is 0 Å². The smallest absolute Gasteiger partial charge is 0.399 e. The van der Waals surface area contributed by atoms with E-state index >= 15 is 0 Å². The zero-order chi connectivity index (χ0) is 14.8. The Labute approximate surface area is 124 Å². The molecule has 0 saturated carbocycles. The Bertz CT molecular complexity index is 588. The molecule has 0 fully saturated rings. The van der Waals surface area contributed by atoms with Gasteiger partial charge in [0.05, 0.1) is 5.69 Å². The predicted octanol–water partition coefficient (Wildman–Crippen LogP) is 4.32. The highest BCUT2D eigenvalue weighted by Gasteiger charge is 2.12. The lowest BCUT2D eigenvalue weighted by Crippen LogP contribution is -2.35. The molecule has 0 unspecified atom stereocenters. The van der Waals surface area contributed by atoms with Crippen LogP contribution in [0.1, 0.15) is 32.0 Å². The topological polar surface area (TPSA) is 47.3 Å². The van der Waals surface area contributed by atoms with Crippen LogP contribution in [0.5, 0.6) is 11.8 Å². The molecule has 1 aromatic heterocycles. The highest BCUT2D eigenvalue weighted by atomic mass is 35.5. The summed E-state index contributed by atoms with van der Waals surface area (Å²) in [5, 5.41) is 4.04. The minimum atomic E-state index is 0.0350. The standard InChI is InChI=1S/C15H19ClN2O2/c1-10-7-12(5-6-13(10)16)20-14-18-11(9-19-14)8-17-15(2,3)4/h5-7,9,17H,8H2,1-4H3. The van der Waals surface area contributed by atoms with Crippen LogP contribution in [-0.2, 0) is 6.54 Å². The van der Waals surface area contributed by atoms with Crippen LogP contribution in [0.3, 0.4) is 0 Å². The molecule has 0 spiro atoms. The molecule has 20 heavy (non-hydrogen) atoms. The van der Waals surface area contributed by atoms with Gasteiger partial charge in [0.25, 0.3) is 0 Å². The van der Waals surface area contributed by atoms with Gasteiger partial charge in [0, 0.05) is 17.1 Å². The number of hydrogen-bond acceptors (Lipinski definition) is 4. The first-order valence-corrected chi connectivity index (χ1v) is 6.85. The SMILES string of the molecule is Cc1cc(Oc2nc(CNC(C)(C)C)co2)ccc1Cl. The number of aryl methyl sites for hydroxylation is 1. The van der Waals surface area contributed by atoms with Gasteiger partial charge in [0.15, 0.2) is 0 Å². The van der Waals surface area contributed by atoms with Gasteiger partial charge >= 0.3 is 6.08 Å². The highest BCUT2D eigenvalue weighted by molar-refractivity contribution is 6.31. The summed E-state index contributed by atoms with van der Waals surface area (Å²) in [5.74, 6) is 0.657. The van der Waals surface area contributed by atoms with Crippen LogP contribution in [-0.4, -0.2) is 10.5 Å².